The molecule has 0 aliphatic carbocycles. The van der Waals surface area contributed by atoms with Gasteiger partial charge in [-0.15, -0.1) is 5.10 Å². The quantitative estimate of drug-likeness (QED) is 0.664. The Bertz CT molecular complexity index is 1080. The summed E-state index contributed by atoms with van der Waals surface area (Å²) in [5.41, 5.74) is 0.0250. The predicted octanol–water partition coefficient (Wildman–Crippen LogP) is 2.14. The zero-order valence-electron chi connectivity index (χ0n) is 18.2. The van der Waals surface area contributed by atoms with Gasteiger partial charge in [-0.1, -0.05) is 22.4 Å². The number of amides is 3. The van der Waals surface area contributed by atoms with E-state index in [0.717, 1.165) is 0 Å². The van der Waals surface area contributed by atoms with Gasteiger partial charge in [-0.05, 0) is 46.2 Å². The zero-order valence-corrected chi connectivity index (χ0v) is 18.2. The predicted molar refractivity (Wildman–Crippen MR) is 109 cm³/mol. The standard InChI is InChI=1S/C21H23N5O6/c1-12-16(19(29)32-26-17(27)14-7-5-6-8-15(14)18(26)28)22-23-25(12)13-9-10-24(11-13)20(30)31-21(2,3)4/h5-8,13H,9-11H2,1-4H3. The van der Waals surface area contributed by atoms with Gasteiger partial charge in [0.1, 0.15) is 5.60 Å². The molecule has 1 aromatic heterocycles. The summed E-state index contributed by atoms with van der Waals surface area (Å²) in [6, 6.07) is 6.01. The first-order valence-electron chi connectivity index (χ1n) is 10.2. The lowest BCUT2D eigenvalue weighted by atomic mass is 10.1. The fraction of sp³-hybridized carbons (Fsp3) is 0.429. The highest BCUT2D eigenvalue weighted by Gasteiger charge is 2.40. The number of likely N-dealkylation sites (tertiary alicyclic amines) is 1. The molecule has 1 fully saturated rings. The second-order valence-corrected chi connectivity index (χ2v) is 8.67. The van der Waals surface area contributed by atoms with E-state index < -0.39 is 29.5 Å². The summed E-state index contributed by atoms with van der Waals surface area (Å²) in [6.45, 7) is 7.86. The lowest BCUT2D eigenvalue weighted by Gasteiger charge is -2.24. The SMILES string of the molecule is Cc1c(C(=O)ON2C(=O)c3ccccc3C2=O)nnn1C1CCN(C(=O)OC(C)(C)C)C1. The van der Waals surface area contributed by atoms with Crippen molar-refractivity contribution in [3.8, 4) is 0 Å². The van der Waals surface area contributed by atoms with E-state index in [4.69, 9.17) is 9.57 Å². The number of aromatic nitrogens is 3. The highest BCUT2D eigenvalue weighted by atomic mass is 16.7. The highest BCUT2D eigenvalue weighted by molar-refractivity contribution is 6.21. The molecule has 3 amide bonds. The van der Waals surface area contributed by atoms with Crippen LogP contribution in [0.2, 0.25) is 0 Å². The van der Waals surface area contributed by atoms with Gasteiger partial charge in [0.2, 0.25) is 0 Å². The molecule has 0 radical (unpaired) electrons. The molecule has 3 heterocycles. The number of ether oxygens (including phenoxy) is 1. The summed E-state index contributed by atoms with van der Waals surface area (Å²) in [5.74, 6) is -2.40. The fourth-order valence-electron chi connectivity index (χ4n) is 3.69. The average molecular weight is 441 g/mol. The van der Waals surface area contributed by atoms with Crippen LogP contribution in [0.25, 0.3) is 0 Å². The number of carbonyl (C=O) groups is 4. The first-order chi connectivity index (χ1) is 15.1. The Balaban J connectivity index is 1.45. The third-order valence-electron chi connectivity index (χ3n) is 5.21. The number of hydrogen-bond acceptors (Lipinski definition) is 8. The number of fused-ring (bicyclic) bond motifs is 1. The maximum Gasteiger partial charge on any atom is 0.410 e. The Morgan fingerprint density at radius 1 is 1.09 bits per heavy atom. The number of hydroxylamine groups is 2. The number of rotatable bonds is 3. The molecule has 4 rings (SSSR count). The van der Waals surface area contributed by atoms with Crippen LogP contribution in [-0.2, 0) is 9.57 Å². The second-order valence-electron chi connectivity index (χ2n) is 8.67. The first kappa shape index (κ1) is 21.5. The van der Waals surface area contributed by atoms with E-state index in [1.54, 1.807) is 49.4 Å². The molecule has 1 atom stereocenters. The Labute approximate surface area is 183 Å². The summed E-state index contributed by atoms with van der Waals surface area (Å²) in [7, 11) is 0. The fourth-order valence-corrected chi connectivity index (χ4v) is 3.69. The third kappa shape index (κ3) is 3.81. The largest absolute Gasteiger partial charge is 0.444 e. The summed E-state index contributed by atoms with van der Waals surface area (Å²) >= 11 is 0. The van der Waals surface area contributed by atoms with Crippen molar-refractivity contribution in [2.45, 2.75) is 45.8 Å². The van der Waals surface area contributed by atoms with E-state index in [0.29, 0.717) is 30.3 Å². The van der Waals surface area contributed by atoms with E-state index >= 15 is 0 Å². The van der Waals surface area contributed by atoms with Crippen LogP contribution < -0.4 is 0 Å². The van der Waals surface area contributed by atoms with Gasteiger partial charge in [0.05, 0.1) is 22.9 Å². The van der Waals surface area contributed by atoms with Gasteiger partial charge in [0.15, 0.2) is 5.69 Å². The topological polar surface area (TPSA) is 124 Å². The molecule has 11 nitrogen and oxygen atoms in total. The number of carbonyl (C=O) groups excluding carboxylic acids is 4. The molecule has 0 N–H and O–H groups in total. The molecule has 11 heteroatoms. The van der Waals surface area contributed by atoms with Gasteiger partial charge in [0, 0.05) is 13.1 Å². The summed E-state index contributed by atoms with van der Waals surface area (Å²) in [4.78, 5) is 56.4. The zero-order chi connectivity index (χ0) is 23.2. The lowest BCUT2D eigenvalue weighted by molar-refractivity contribution is -0.0589. The van der Waals surface area contributed by atoms with Gasteiger partial charge < -0.3 is 14.5 Å². The van der Waals surface area contributed by atoms with Crippen LogP contribution in [-0.4, -0.2) is 67.5 Å². The molecule has 32 heavy (non-hydrogen) atoms. The van der Waals surface area contributed by atoms with Crippen molar-refractivity contribution >= 4 is 23.9 Å². The van der Waals surface area contributed by atoms with Crippen molar-refractivity contribution in [3.05, 3.63) is 46.8 Å². The maximum atomic E-state index is 12.7. The third-order valence-corrected chi connectivity index (χ3v) is 5.21. The Kier molecular flexibility index (Phi) is 5.19. The molecule has 0 saturated carbocycles. The molecule has 2 aliphatic heterocycles. The van der Waals surface area contributed by atoms with Crippen molar-refractivity contribution in [2.24, 2.45) is 0 Å². The number of imide groups is 1. The molecule has 168 valence electrons. The van der Waals surface area contributed by atoms with Crippen molar-refractivity contribution < 1.29 is 28.8 Å². The Morgan fingerprint density at radius 2 is 1.72 bits per heavy atom. The maximum absolute atomic E-state index is 12.7. The average Bonchev–Trinajstić information content (AvgIpc) is 3.41. The van der Waals surface area contributed by atoms with Gasteiger partial charge >= 0.3 is 12.1 Å². The molecule has 2 aromatic rings. The minimum atomic E-state index is -0.967. The van der Waals surface area contributed by atoms with E-state index in [1.807, 2.05) is 0 Å². The Morgan fingerprint density at radius 3 is 2.31 bits per heavy atom. The van der Waals surface area contributed by atoms with Crippen LogP contribution in [0.3, 0.4) is 0 Å². The van der Waals surface area contributed by atoms with Crippen LogP contribution in [0, 0.1) is 6.92 Å². The van der Waals surface area contributed by atoms with Gasteiger partial charge in [-0.2, -0.15) is 0 Å². The number of nitrogens with zero attached hydrogens (tertiary/aromatic N) is 5. The smallest absolute Gasteiger partial charge is 0.410 e. The van der Waals surface area contributed by atoms with Gasteiger partial charge in [0.25, 0.3) is 11.8 Å². The molecule has 1 aromatic carbocycles. The van der Waals surface area contributed by atoms with Crippen LogP contribution in [0.1, 0.15) is 70.1 Å². The minimum Gasteiger partial charge on any atom is -0.444 e. The number of hydrogen-bond donors (Lipinski definition) is 0. The molecule has 0 bridgehead atoms. The number of benzene rings is 1. The van der Waals surface area contributed by atoms with E-state index in [9.17, 15) is 19.2 Å². The van der Waals surface area contributed by atoms with E-state index in [-0.39, 0.29) is 22.9 Å². The monoisotopic (exact) mass is 441 g/mol. The van der Waals surface area contributed by atoms with Crippen molar-refractivity contribution in [3.63, 3.8) is 0 Å². The van der Waals surface area contributed by atoms with E-state index in [2.05, 4.69) is 10.3 Å². The molecular formula is C21H23N5O6. The van der Waals surface area contributed by atoms with Gasteiger partial charge in [-0.3, -0.25) is 9.59 Å². The normalized spacial score (nSPS) is 18.2. The van der Waals surface area contributed by atoms with Crippen LogP contribution in [0.4, 0.5) is 4.79 Å². The summed E-state index contributed by atoms with van der Waals surface area (Å²) in [6.07, 6.45) is 0.194. The molecule has 2 aliphatic rings. The van der Waals surface area contributed by atoms with Crippen LogP contribution in [0.15, 0.2) is 24.3 Å². The van der Waals surface area contributed by atoms with Crippen molar-refractivity contribution in [1.29, 1.82) is 0 Å². The molecule has 1 unspecified atom stereocenters. The minimum absolute atomic E-state index is 0.114. The molecule has 0 spiro atoms. The Hall–Kier alpha value is -3.76. The van der Waals surface area contributed by atoms with Crippen molar-refractivity contribution in [2.75, 3.05) is 13.1 Å². The van der Waals surface area contributed by atoms with Crippen LogP contribution in [0.5, 0.6) is 0 Å². The summed E-state index contributed by atoms with van der Waals surface area (Å²) in [5, 5.41) is 8.36. The van der Waals surface area contributed by atoms with Crippen LogP contribution >= 0.6 is 0 Å². The summed E-state index contributed by atoms with van der Waals surface area (Å²) < 4.78 is 6.94. The highest BCUT2D eigenvalue weighted by Crippen LogP contribution is 2.26. The second kappa shape index (κ2) is 7.74. The first-order valence-corrected chi connectivity index (χ1v) is 10.2. The lowest BCUT2D eigenvalue weighted by Crippen LogP contribution is -2.35. The molecule has 1 saturated heterocycles. The van der Waals surface area contributed by atoms with Crippen molar-refractivity contribution in [1.82, 2.24) is 25.0 Å². The van der Waals surface area contributed by atoms with E-state index in [1.165, 1.54) is 12.1 Å². The molecular weight excluding hydrogens is 418 g/mol. The van der Waals surface area contributed by atoms with Gasteiger partial charge in [-0.25, -0.2) is 14.3 Å².